The summed E-state index contributed by atoms with van der Waals surface area (Å²) in [5.74, 6) is 0.537. The molecule has 2 atom stereocenters. The van der Waals surface area contributed by atoms with Gasteiger partial charge in [-0.05, 0) is 31.5 Å². The van der Waals surface area contributed by atoms with Crippen LogP contribution in [0.5, 0.6) is 0 Å². The number of piperidine rings is 1. The highest BCUT2D eigenvalue weighted by molar-refractivity contribution is 7.18. The Kier molecular flexibility index (Phi) is 4.48. The van der Waals surface area contributed by atoms with Crippen molar-refractivity contribution >= 4 is 27.4 Å². The number of thiazole rings is 1. The number of rotatable bonds is 4. The first-order valence-electron chi connectivity index (χ1n) is 7.37. The topological polar surface area (TPSA) is 89.3 Å². The molecule has 6 heteroatoms. The Bertz CT molecular complexity index is 597. The minimum atomic E-state index is -0.0793. The number of para-hydroxylation sites is 1. The molecule has 0 saturated carbocycles. The van der Waals surface area contributed by atoms with Crippen LogP contribution in [0.15, 0.2) is 29.3 Å². The Labute approximate surface area is 128 Å². The van der Waals surface area contributed by atoms with Gasteiger partial charge < -0.3 is 16.8 Å². The summed E-state index contributed by atoms with van der Waals surface area (Å²) in [5, 5.41) is 4.31. The van der Waals surface area contributed by atoms with Gasteiger partial charge in [0.15, 0.2) is 0 Å². The van der Waals surface area contributed by atoms with Crippen LogP contribution in [0, 0.1) is 0 Å². The Morgan fingerprint density at radius 1 is 1.48 bits per heavy atom. The summed E-state index contributed by atoms with van der Waals surface area (Å²) in [5.41, 5.74) is 13.1. The minimum Gasteiger partial charge on any atom is -0.387 e. The largest absolute Gasteiger partial charge is 0.387 e. The van der Waals surface area contributed by atoms with E-state index in [1.807, 2.05) is 18.2 Å². The molecule has 1 saturated heterocycles. The van der Waals surface area contributed by atoms with Gasteiger partial charge in [0.25, 0.3) is 0 Å². The van der Waals surface area contributed by atoms with Crippen LogP contribution in [0.2, 0.25) is 0 Å². The lowest BCUT2D eigenvalue weighted by molar-refractivity contribution is 0.459. The molecule has 112 valence electrons. The molecule has 2 heterocycles. The molecule has 1 aromatic heterocycles. The van der Waals surface area contributed by atoms with Crippen molar-refractivity contribution in [3.05, 3.63) is 29.3 Å². The van der Waals surface area contributed by atoms with Gasteiger partial charge in [0.05, 0.1) is 22.2 Å². The zero-order chi connectivity index (χ0) is 14.7. The fraction of sp³-hybridized carbons (Fsp3) is 0.467. The molecular weight excluding hydrogens is 282 g/mol. The van der Waals surface area contributed by atoms with Gasteiger partial charge in [-0.1, -0.05) is 12.1 Å². The summed E-state index contributed by atoms with van der Waals surface area (Å²) in [7, 11) is 0. The second-order valence-corrected chi connectivity index (χ2v) is 6.42. The van der Waals surface area contributed by atoms with Gasteiger partial charge in [0.2, 0.25) is 0 Å². The van der Waals surface area contributed by atoms with Crippen LogP contribution in [-0.2, 0) is 0 Å². The molecule has 0 amide bonds. The molecule has 0 bridgehead atoms. The van der Waals surface area contributed by atoms with E-state index in [1.165, 1.54) is 0 Å². The second-order valence-electron chi connectivity index (χ2n) is 5.36. The summed E-state index contributed by atoms with van der Waals surface area (Å²) in [6.07, 6.45) is 2.24. The number of fused-ring (bicyclic) bond motifs is 1. The normalized spacial score (nSPS) is 21.6. The SMILES string of the molecule is NCC(C(N)=NC1CCCNC1)c1nc2ccccc2s1. The third-order valence-electron chi connectivity index (χ3n) is 3.80. The standard InChI is InChI=1S/C15H21N5S/c16-8-11(14(17)19-10-4-3-7-18-9-10)15-20-12-5-1-2-6-13(12)21-15/h1-2,5-6,10-11,18H,3-4,7-9,16H2,(H2,17,19). The smallest absolute Gasteiger partial charge is 0.106 e. The molecule has 0 radical (unpaired) electrons. The molecule has 2 aromatic rings. The van der Waals surface area contributed by atoms with Crippen LogP contribution in [0.1, 0.15) is 23.8 Å². The number of aromatic nitrogens is 1. The number of hydrogen-bond donors (Lipinski definition) is 3. The number of amidine groups is 1. The molecule has 0 spiro atoms. The van der Waals surface area contributed by atoms with E-state index in [0.717, 1.165) is 41.2 Å². The summed E-state index contributed by atoms with van der Waals surface area (Å²) < 4.78 is 1.16. The van der Waals surface area contributed by atoms with Crippen LogP contribution >= 0.6 is 11.3 Å². The minimum absolute atomic E-state index is 0.0793. The van der Waals surface area contributed by atoms with Crippen molar-refractivity contribution in [1.82, 2.24) is 10.3 Å². The summed E-state index contributed by atoms with van der Waals surface area (Å²) >= 11 is 1.65. The lowest BCUT2D eigenvalue weighted by Gasteiger charge is -2.21. The molecule has 1 aliphatic rings. The van der Waals surface area contributed by atoms with E-state index in [4.69, 9.17) is 11.5 Å². The van der Waals surface area contributed by atoms with E-state index < -0.39 is 0 Å². The van der Waals surface area contributed by atoms with Gasteiger partial charge in [0.1, 0.15) is 10.8 Å². The molecule has 0 aliphatic carbocycles. The Balaban J connectivity index is 1.84. The monoisotopic (exact) mass is 303 g/mol. The number of nitrogens with one attached hydrogen (secondary N) is 1. The Morgan fingerprint density at radius 3 is 3.05 bits per heavy atom. The lowest BCUT2D eigenvalue weighted by Crippen LogP contribution is -2.36. The quantitative estimate of drug-likeness (QED) is 0.589. The highest BCUT2D eigenvalue weighted by atomic mass is 32.1. The highest BCUT2D eigenvalue weighted by Crippen LogP contribution is 2.27. The first-order valence-corrected chi connectivity index (χ1v) is 8.19. The second kappa shape index (κ2) is 6.51. The van der Waals surface area contributed by atoms with Crippen molar-refractivity contribution in [2.45, 2.75) is 24.8 Å². The molecule has 5 nitrogen and oxygen atoms in total. The summed E-state index contributed by atoms with van der Waals surface area (Å²) in [4.78, 5) is 9.33. The van der Waals surface area contributed by atoms with Crippen LogP contribution < -0.4 is 16.8 Å². The predicted octanol–water partition coefficient (Wildman–Crippen LogP) is 1.45. The van der Waals surface area contributed by atoms with E-state index >= 15 is 0 Å². The van der Waals surface area contributed by atoms with Crippen LogP contribution in [0.4, 0.5) is 0 Å². The summed E-state index contributed by atoms with van der Waals surface area (Å²) in [6, 6.07) is 8.37. The van der Waals surface area contributed by atoms with E-state index in [9.17, 15) is 0 Å². The van der Waals surface area contributed by atoms with Crippen LogP contribution in [0.25, 0.3) is 10.2 Å². The van der Waals surface area contributed by atoms with E-state index in [-0.39, 0.29) is 12.0 Å². The maximum Gasteiger partial charge on any atom is 0.106 e. The maximum absolute atomic E-state index is 6.22. The van der Waals surface area contributed by atoms with Crippen LogP contribution in [-0.4, -0.2) is 36.5 Å². The molecule has 1 aliphatic heterocycles. The maximum atomic E-state index is 6.22. The molecule has 1 aromatic carbocycles. The van der Waals surface area contributed by atoms with Gasteiger partial charge in [-0.25, -0.2) is 4.98 Å². The average Bonchev–Trinajstić information content (AvgIpc) is 2.92. The average molecular weight is 303 g/mol. The number of benzene rings is 1. The molecule has 1 fully saturated rings. The van der Waals surface area contributed by atoms with Gasteiger partial charge in [-0.2, -0.15) is 0 Å². The lowest BCUT2D eigenvalue weighted by atomic mass is 10.1. The zero-order valence-electron chi connectivity index (χ0n) is 12.0. The number of hydrogen-bond acceptors (Lipinski definition) is 5. The summed E-state index contributed by atoms with van der Waals surface area (Å²) in [6.45, 7) is 2.41. The van der Waals surface area contributed by atoms with Gasteiger partial charge in [-0.15, -0.1) is 11.3 Å². The van der Waals surface area contributed by atoms with E-state index in [1.54, 1.807) is 11.3 Å². The number of aliphatic imine (C=N–C) groups is 1. The van der Waals surface area contributed by atoms with E-state index in [2.05, 4.69) is 21.4 Å². The number of nitrogens with two attached hydrogens (primary N) is 2. The molecule has 3 rings (SSSR count). The van der Waals surface area contributed by atoms with Crippen molar-refractivity contribution < 1.29 is 0 Å². The van der Waals surface area contributed by atoms with Gasteiger partial charge >= 0.3 is 0 Å². The fourth-order valence-electron chi connectivity index (χ4n) is 2.63. The molecule has 2 unspecified atom stereocenters. The third kappa shape index (κ3) is 3.23. The van der Waals surface area contributed by atoms with Gasteiger partial charge in [0, 0.05) is 13.1 Å². The molecule has 21 heavy (non-hydrogen) atoms. The van der Waals surface area contributed by atoms with Crippen molar-refractivity contribution in [1.29, 1.82) is 0 Å². The Morgan fingerprint density at radius 2 is 2.33 bits per heavy atom. The third-order valence-corrected chi connectivity index (χ3v) is 4.95. The van der Waals surface area contributed by atoms with Crippen molar-refractivity contribution in [2.24, 2.45) is 16.5 Å². The van der Waals surface area contributed by atoms with Crippen LogP contribution in [0.3, 0.4) is 0 Å². The van der Waals surface area contributed by atoms with Gasteiger partial charge in [-0.3, -0.25) is 4.99 Å². The first-order chi connectivity index (χ1) is 10.3. The number of nitrogens with zero attached hydrogens (tertiary/aromatic N) is 2. The Hall–Kier alpha value is -1.50. The highest BCUT2D eigenvalue weighted by Gasteiger charge is 2.21. The molecule has 5 N–H and O–H groups in total. The van der Waals surface area contributed by atoms with E-state index in [0.29, 0.717) is 12.4 Å². The van der Waals surface area contributed by atoms with Crippen molar-refractivity contribution in [3.63, 3.8) is 0 Å². The predicted molar refractivity (Wildman–Crippen MR) is 88.9 cm³/mol. The fourth-order valence-corrected chi connectivity index (χ4v) is 3.72. The molecular formula is C15H21N5S. The van der Waals surface area contributed by atoms with Crippen molar-refractivity contribution in [3.8, 4) is 0 Å². The zero-order valence-corrected chi connectivity index (χ0v) is 12.8. The first kappa shape index (κ1) is 14.4. The van der Waals surface area contributed by atoms with Crippen molar-refractivity contribution in [2.75, 3.05) is 19.6 Å².